The molecule has 3 atom stereocenters. The summed E-state index contributed by atoms with van der Waals surface area (Å²) in [6.45, 7) is 6.68. The highest BCUT2D eigenvalue weighted by Crippen LogP contribution is 2.43. The monoisotopic (exact) mass is 968 g/mol. The second-order valence-electron chi connectivity index (χ2n) is 18.8. The van der Waals surface area contributed by atoms with E-state index < -0.39 is 20.0 Å². The van der Waals surface area contributed by atoms with Gasteiger partial charge in [-0.15, -0.1) is 0 Å². The fourth-order valence-electron chi connectivity index (χ4n) is 7.01. The van der Waals surface area contributed by atoms with Crippen molar-refractivity contribution in [3.8, 4) is 0 Å². The van der Waals surface area contributed by atoms with Crippen molar-refractivity contribution in [1.82, 2.24) is 5.32 Å². The smallest absolute Gasteiger partial charge is 0.456 e. The molecule has 0 aliphatic rings. The molecule has 0 spiro atoms. The van der Waals surface area contributed by atoms with Gasteiger partial charge in [0.25, 0.3) is 0 Å². The summed E-state index contributed by atoms with van der Waals surface area (Å²) in [6, 6.07) is -0.880. The standard InChI is InChI=1S/C58H99N2O7P/c1-7-10-13-16-19-22-25-27-29-30-31-32-35-38-41-44-47-50-57(61)59-55(54-66-68(63,64)65-53-52-60(4,5)6)56(49-46-43-40-37-34-24-21-18-15-12-9-3)67-58(62)51-48-45-42-39-36-33-28-26-23-20-17-14-11-8-2/h10-11,13-14,16,19-20,22-23,25,27,29-32,35,46,49,55-56H,7-9,12,15,17-18,21,24,26,28,33-34,36-45,47-48,50-54H2,1-6H3,(H-,59,61,63,64)/p+1/b13-10-,14-11+,19-16+,23-20+,25-22+,29-27-,31-30+,35-32+,49-46+. The molecular formula is C58H100N2O7P+. The highest BCUT2D eigenvalue weighted by Gasteiger charge is 2.30. The second kappa shape index (κ2) is 47.4. The Kier molecular flexibility index (Phi) is 45.0. The molecule has 9 nitrogen and oxygen atoms in total. The van der Waals surface area contributed by atoms with Crippen molar-refractivity contribution >= 4 is 19.7 Å². The molecule has 0 saturated heterocycles. The predicted octanol–water partition coefficient (Wildman–Crippen LogP) is 15.8. The number of ether oxygens (including phenoxy) is 1. The second-order valence-corrected chi connectivity index (χ2v) is 20.2. The number of quaternary nitrogens is 1. The number of allylic oxidation sites excluding steroid dienone is 17. The molecule has 1 amide bonds. The summed E-state index contributed by atoms with van der Waals surface area (Å²) in [5, 5.41) is 3.01. The lowest BCUT2D eigenvalue weighted by Gasteiger charge is -2.27. The van der Waals surface area contributed by atoms with Gasteiger partial charge in [0, 0.05) is 12.8 Å². The number of carbonyl (C=O) groups excluding carboxylic acids is 2. The molecule has 0 aliphatic heterocycles. The van der Waals surface area contributed by atoms with Crippen LogP contribution >= 0.6 is 7.82 Å². The van der Waals surface area contributed by atoms with Gasteiger partial charge in [0.1, 0.15) is 19.3 Å². The summed E-state index contributed by atoms with van der Waals surface area (Å²) < 4.78 is 30.5. The van der Waals surface area contributed by atoms with Gasteiger partial charge in [-0.3, -0.25) is 18.6 Å². The largest absolute Gasteiger partial charge is 0.472 e. The van der Waals surface area contributed by atoms with Gasteiger partial charge in [0.15, 0.2) is 0 Å². The molecule has 10 heteroatoms. The van der Waals surface area contributed by atoms with E-state index in [2.05, 4.69) is 62.5 Å². The Bertz CT molecular complexity index is 1530. The minimum atomic E-state index is -4.46. The number of phosphoric ester groups is 1. The summed E-state index contributed by atoms with van der Waals surface area (Å²) in [5.74, 6) is -0.578. The average molecular weight is 968 g/mol. The van der Waals surface area contributed by atoms with Crippen LogP contribution in [0.25, 0.3) is 0 Å². The van der Waals surface area contributed by atoms with Gasteiger partial charge in [-0.05, 0) is 76.7 Å². The highest BCUT2D eigenvalue weighted by molar-refractivity contribution is 7.47. The molecule has 0 rings (SSSR count). The number of hydrogen-bond donors (Lipinski definition) is 2. The molecule has 68 heavy (non-hydrogen) atoms. The van der Waals surface area contributed by atoms with Crippen molar-refractivity contribution in [3.63, 3.8) is 0 Å². The van der Waals surface area contributed by atoms with E-state index in [1.807, 2.05) is 94.1 Å². The molecule has 0 fully saturated rings. The molecule has 0 bridgehead atoms. The minimum Gasteiger partial charge on any atom is -0.456 e. The van der Waals surface area contributed by atoms with Crippen molar-refractivity contribution in [2.75, 3.05) is 40.9 Å². The van der Waals surface area contributed by atoms with Gasteiger partial charge < -0.3 is 19.4 Å². The van der Waals surface area contributed by atoms with Gasteiger partial charge in [0.2, 0.25) is 5.91 Å². The Labute approximate surface area is 417 Å². The first-order valence-electron chi connectivity index (χ1n) is 26.8. The fourth-order valence-corrected chi connectivity index (χ4v) is 7.74. The lowest BCUT2D eigenvalue weighted by Crippen LogP contribution is -2.47. The van der Waals surface area contributed by atoms with Gasteiger partial charge in [0.05, 0.1) is 33.8 Å². The van der Waals surface area contributed by atoms with Crippen molar-refractivity contribution < 1.29 is 37.3 Å². The van der Waals surface area contributed by atoms with Gasteiger partial charge in [-0.1, -0.05) is 214 Å². The number of nitrogens with one attached hydrogen (secondary N) is 1. The van der Waals surface area contributed by atoms with E-state index in [9.17, 15) is 19.0 Å². The maximum atomic E-state index is 13.4. The quantitative estimate of drug-likeness (QED) is 0.0156. The molecule has 2 N–H and O–H groups in total. The van der Waals surface area contributed by atoms with Gasteiger partial charge in [-0.25, -0.2) is 4.57 Å². The van der Waals surface area contributed by atoms with Crippen molar-refractivity contribution in [1.29, 1.82) is 0 Å². The number of nitrogens with zero attached hydrogens (tertiary/aromatic N) is 1. The van der Waals surface area contributed by atoms with E-state index >= 15 is 0 Å². The Balaban J connectivity index is 5.50. The molecule has 0 aromatic rings. The number of phosphoric acid groups is 1. The van der Waals surface area contributed by atoms with Crippen LogP contribution in [0.3, 0.4) is 0 Å². The summed E-state index contributed by atoms with van der Waals surface area (Å²) in [4.78, 5) is 37.5. The first-order valence-corrected chi connectivity index (χ1v) is 28.3. The van der Waals surface area contributed by atoms with Crippen LogP contribution in [-0.4, -0.2) is 74.3 Å². The van der Waals surface area contributed by atoms with Crippen LogP contribution < -0.4 is 5.32 Å². The molecule has 0 radical (unpaired) electrons. The van der Waals surface area contributed by atoms with E-state index in [0.717, 1.165) is 89.9 Å². The maximum absolute atomic E-state index is 13.4. The highest BCUT2D eigenvalue weighted by atomic mass is 31.2. The Morgan fingerprint density at radius 1 is 0.544 bits per heavy atom. The SMILES string of the molecule is CC\C=C/C=C/C=C/C=C\C=C\C=C\CCCCCC(=O)NC(COP(=O)(O)OCC[N+](C)(C)C)C(/C=C/CCCCCCCCCCC)OC(=O)CCCCCCCCC/C=C/C/C=C/CC. The first-order chi connectivity index (χ1) is 32.9. The van der Waals surface area contributed by atoms with Crippen LogP contribution in [0.1, 0.15) is 194 Å². The third-order valence-electron chi connectivity index (χ3n) is 11.1. The summed E-state index contributed by atoms with van der Waals surface area (Å²) >= 11 is 0. The fraction of sp³-hybridized carbons (Fsp3) is 0.655. The number of hydrogen-bond acceptors (Lipinski definition) is 6. The van der Waals surface area contributed by atoms with Gasteiger partial charge >= 0.3 is 13.8 Å². The minimum absolute atomic E-state index is 0.0235. The van der Waals surface area contributed by atoms with Crippen LogP contribution in [-0.2, 0) is 27.9 Å². The van der Waals surface area contributed by atoms with Crippen LogP contribution in [0.5, 0.6) is 0 Å². The molecule has 3 unspecified atom stereocenters. The van der Waals surface area contributed by atoms with E-state index in [1.165, 1.54) is 64.2 Å². The first kappa shape index (κ1) is 64.7. The summed E-state index contributed by atoms with van der Waals surface area (Å²) in [6.07, 6.45) is 63.7. The molecule has 0 saturated carbocycles. The van der Waals surface area contributed by atoms with Crippen LogP contribution in [0.2, 0.25) is 0 Å². The van der Waals surface area contributed by atoms with Crippen LogP contribution in [0.15, 0.2) is 109 Å². The average Bonchev–Trinajstić information content (AvgIpc) is 3.29. The van der Waals surface area contributed by atoms with Crippen LogP contribution in [0, 0.1) is 0 Å². The molecule has 0 aromatic carbocycles. The zero-order valence-corrected chi connectivity index (χ0v) is 44.9. The number of esters is 1. The Morgan fingerprint density at radius 3 is 1.59 bits per heavy atom. The summed E-state index contributed by atoms with van der Waals surface area (Å²) in [5.41, 5.74) is 0. The van der Waals surface area contributed by atoms with E-state index in [4.69, 9.17) is 13.8 Å². The molecule has 388 valence electrons. The van der Waals surface area contributed by atoms with Crippen molar-refractivity contribution in [3.05, 3.63) is 109 Å². The molecule has 0 aromatic heterocycles. The number of unbranched alkanes of at least 4 members (excludes halogenated alkanes) is 19. The number of likely N-dealkylation sites (N-methyl/N-ethyl adjacent to an activating group) is 1. The zero-order valence-electron chi connectivity index (χ0n) is 44.1. The van der Waals surface area contributed by atoms with Crippen molar-refractivity contribution in [2.24, 2.45) is 0 Å². The normalized spacial score (nSPS) is 14.8. The lowest BCUT2D eigenvalue weighted by molar-refractivity contribution is -0.870. The maximum Gasteiger partial charge on any atom is 0.472 e. The summed E-state index contributed by atoms with van der Waals surface area (Å²) in [7, 11) is 1.44. The predicted molar refractivity (Wildman–Crippen MR) is 290 cm³/mol. The van der Waals surface area contributed by atoms with Crippen molar-refractivity contribution in [2.45, 2.75) is 206 Å². The number of carbonyl (C=O) groups is 2. The molecular weight excluding hydrogens is 868 g/mol. The zero-order chi connectivity index (χ0) is 50.1. The number of amides is 1. The van der Waals surface area contributed by atoms with Gasteiger partial charge in [-0.2, -0.15) is 0 Å². The van der Waals surface area contributed by atoms with E-state index in [0.29, 0.717) is 17.4 Å². The third kappa shape index (κ3) is 47.7. The Hall–Kier alpha value is -3.33. The molecule has 0 heterocycles. The van der Waals surface area contributed by atoms with E-state index in [-0.39, 0.29) is 37.9 Å². The topological polar surface area (TPSA) is 111 Å². The Morgan fingerprint density at radius 2 is 1.01 bits per heavy atom. The third-order valence-corrected chi connectivity index (χ3v) is 12.1. The lowest BCUT2D eigenvalue weighted by atomic mass is 10.1. The van der Waals surface area contributed by atoms with E-state index in [1.54, 1.807) is 0 Å². The molecule has 0 aliphatic carbocycles. The van der Waals surface area contributed by atoms with Crippen LogP contribution in [0.4, 0.5) is 0 Å². The number of rotatable bonds is 46.